The molecule has 0 spiro atoms. The summed E-state index contributed by atoms with van der Waals surface area (Å²) in [7, 11) is 1.79. The van der Waals surface area contributed by atoms with Gasteiger partial charge in [-0.1, -0.05) is 0 Å². The first kappa shape index (κ1) is 22.7. The van der Waals surface area contributed by atoms with Gasteiger partial charge < -0.3 is 15.4 Å². The van der Waals surface area contributed by atoms with Crippen LogP contribution in [0.2, 0.25) is 0 Å². The van der Waals surface area contributed by atoms with Gasteiger partial charge in [0.15, 0.2) is 5.96 Å². The van der Waals surface area contributed by atoms with Gasteiger partial charge in [-0.15, -0.1) is 35.7 Å². The molecule has 1 aromatic carbocycles. The van der Waals surface area contributed by atoms with Crippen molar-refractivity contribution in [2.24, 2.45) is 4.99 Å². The molecular formula is C19H30FIN4OS. The van der Waals surface area contributed by atoms with Gasteiger partial charge in [0.05, 0.1) is 12.7 Å². The minimum Gasteiger partial charge on any atom is -0.373 e. The Morgan fingerprint density at radius 3 is 2.93 bits per heavy atom. The number of hydrogen-bond acceptors (Lipinski definition) is 4. The summed E-state index contributed by atoms with van der Waals surface area (Å²) in [4.78, 5) is 7.94. The van der Waals surface area contributed by atoms with Crippen LogP contribution < -0.4 is 10.6 Å². The van der Waals surface area contributed by atoms with Crippen molar-refractivity contribution in [3.05, 3.63) is 30.1 Å². The number of guanidine groups is 1. The predicted octanol–water partition coefficient (Wildman–Crippen LogP) is 2.95. The zero-order valence-corrected chi connectivity index (χ0v) is 19.0. The van der Waals surface area contributed by atoms with Crippen molar-refractivity contribution < 1.29 is 9.13 Å². The number of aliphatic imine (C=N–C) groups is 1. The number of morpholine rings is 1. The molecule has 2 saturated heterocycles. The molecule has 0 aromatic heterocycles. The van der Waals surface area contributed by atoms with Crippen LogP contribution in [-0.2, 0) is 4.74 Å². The summed E-state index contributed by atoms with van der Waals surface area (Å²) in [5.74, 6) is 1.62. The molecule has 2 unspecified atom stereocenters. The van der Waals surface area contributed by atoms with Gasteiger partial charge in [0.25, 0.3) is 0 Å². The predicted molar refractivity (Wildman–Crippen MR) is 121 cm³/mol. The molecule has 2 N–H and O–H groups in total. The second kappa shape index (κ2) is 12.1. The van der Waals surface area contributed by atoms with Gasteiger partial charge >= 0.3 is 0 Å². The lowest BCUT2D eigenvalue weighted by Crippen LogP contribution is -2.51. The van der Waals surface area contributed by atoms with E-state index in [1.165, 1.54) is 31.5 Å². The highest BCUT2D eigenvalue weighted by molar-refractivity contribution is 14.0. The maximum Gasteiger partial charge on any atom is 0.191 e. The lowest BCUT2D eigenvalue weighted by molar-refractivity contribution is -0.0453. The molecule has 8 heteroatoms. The van der Waals surface area contributed by atoms with Crippen LogP contribution in [0.3, 0.4) is 0 Å². The summed E-state index contributed by atoms with van der Waals surface area (Å²) >= 11 is 1.74. The number of nitrogens with zero attached hydrogens (tertiary/aromatic N) is 2. The molecule has 2 aliphatic heterocycles. The van der Waals surface area contributed by atoms with Gasteiger partial charge in [0.2, 0.25) is 0 Å². The fraction of sp³-hybridized carbons (Fsp3) is 0.632. The summed E-state index contributed by atoms with van der Waals surface area (Å²) in [5.41, 5.74) is 0. The topological polar surface area (TPSA) is 48.9 Å². The van der Waals surface area contributed by atoms with E-state index < -0.39 is 0 Å². The van der Waals surface area contributed by atoms with Crippen molar-refractivity contribution in [2.45, 2.75) is 36.3 Å². The molecule has 2 heterocycles. The van der Waals surface area contributed by atoms with Gasteiger partial charge in [0, 0.05) is 37.6 Å². The molecule has 0 radical (unpaired) electrons. The molecule has 0 aliphatic carbocycles. The van der Waals surface area contributed by atoms with E-state index in [2.05, 4.69) is 20.5 Å². The molecule has 2 atom stereocenters. The fourth-order valence-corrected chi connectivity index (χ4v) is 4.29. The van der Waals surface area contributed by atoms with E-state index in [0.717, 1.165) is 49.3 Å². The lowest BCUT2D eigenvalue weighted by atomic mass is 10.2. The van der Waals surface area contributed by atoms with Crippen molar-refractivity contribution in [3.8, 4) is 0 Å². The highest BCUT2D eigenvalue weighted by Gasteiger charge is 2.32. The van der Waals surface area contributed by atoms with Gasteiger partial charge in [-0.25, -0.2) is 4.39 Å². The van der Waals surface area contributed by atoms with Crippen LogP contribution in [0.5, 0.6) is 0 Å². The zero-order valence-electron chi connectivity index (χ0n) is 15.8. The Kier molecular flexibility index (Phi) is 10.2. The van der Waals surface area contributed by atoms with Crippen molar-refractivity contribution >= 4 is 41.7 Å². The first-order valence-corrected chi connectivity index (χ1v) is 10.4. The largest absolute Gasteiger partial charge is 0.373 e. The van der Waals surface area contributed by atoms with Crippen molar-refractivity contribution in [3.63, 3.8) is 0 Å². The molecule has 0 bridgehead atoms. The number of thioether (sulfide) groups is 1. The second-order valence-corrected chi connectivity index (χ2v) is 7.95. The normalized spacial score (nSPS) is 22.8. The number of fused-ring (bicyclic) bond motifs is 1. The van der Waals surface area contributed by atoms with Crippen LogP contribution in [0.1, 0.15) is 19.3 Å². The molecule has 27 heavy (non-hydrogen) atoms. The number of halogens is 2. The molecule has 3 rings (SSSR count). The van der Waals surface area contributed by atoms with Crippen LogP contribution in [0.4, 0.5) is 4.39 Å². The second-order valence-electron chi connectivity index (χ2n) is 6.78. The standard InChI is InChI=1S/C19H29FN4OS.HI/c1-21-19(22-9-3-11-26-18-7-5-15(20)6-8-18)23-12-17-13-24-10-2-4-16(24)14-25-17;/h5-8,16-17H,2-4,9-14H2,1H3,(H2,21,22,23);1H. The summed E-state index contributed by atoms with van der Waals surface area (Å²) < 4.78 is 18.8. The number of rotatable bonds is 7. The van der Waals surface area contributed by atoms with Gasteiger partial charge in [-0.3, -0.25) is 9.89 Å². The molecule has 0 saturated carbocycles. The highest BCUT2D eigenvalue weighted by Crippen LogP contribution is 2.22. The Morgan fingerprint density at radius 1 is 1.33 bits per heavy atom. The molecule has 0 amide bonds. The molecule has 2 fully saturated rings. The van der Waals surface area contributed by atoms with E-state index >= 15 is 0 Å². The van der Waals surface area contributed by atoms with E-state index in [1.807, 2.05) is 12.1 Å². The molecule has 1 aromatic rings. The quantitative estimate of drug-likeness (QED) is 0.195. The van der Waals surface area contributed by atoms with E-state index in [0.29, 0.717) is 6.04 Å². The van der Waals surface area contributed by atoms with Crippen molar-refractivity contribution in [1.29, 1.82) is 0 Å². The van der Waals surface area contributed by atoms with E-state index in [-0.39, 0.29) is 35.9 Å². The summed E-state index contributed by atoms with van der Waals surface area (Å²) in [6, 6.07) is 7.29. The smallest absolute Gasteiger partial charge is 0.191 e. The summed E-state index contributed by atoms with van der Waals surface area (Å²) in [6.45, 7) is 4.73. The molecule has 5 nitrogen and oxygen atoms in total. The summed E-state index contributed by atoms with van der Waals surface area (Å²) in [6.07, 6.45) is 3.82. The fourth-order valence-electron chi connectivity index (χ4n) is 3.44. The Bertz CT molecular complexity index is 590. The Balaban J connectivity index is 0.00000261. The lowest BCUT2D eigenvalue weighted by Gasteiger charge is -2.35. The van der Waals surface area contributed by atoms with Crippen molar-refractivity contribution in [2.75, 3.05) is 45.6 Å². The summed E-state index contributed by atoms with van der Waals surface area (Å²) in [5, 5.41) is 6.72. The third-order valence-corrected chi connectivity index (χ3v) is 5.98. The van der Waals surface area contributed by atoms with E-state index in [9.17, 15) is 4.39 Å². The van der Waals surface area contributed by atoms with Crippen molar-refractivity contribution in [1.82, 2.24) is 15.5 Å². The molecular weight excluding hydrogens is 478 g/mol. The van der Waals surface area contributed by atoms with Gasteiger partial charge in [-0.2, -0.15) is 0 Å². The van der Waals surface area contributed by atoms with Crippen LogP contribution in [-0.4, -0.2) is 68.6 Å². The van der Waals surface area contributed by atoms with Crippen LogP contribution in [0, 0.1) is 5.82 Å². The van der Waals surface area contributed by atoms with E-state index in [4.69, 9.17) is 4.74 Å². The minimum atomic E-state index is -0.187. The average molecular weight is 508 g/mol. The SMILES string of the molecule is CN=C(NCCCSc1ccc(F)cc1)NCC1CN2CCCC2CO1.I. The average Bonchev–Trinajstić information content (AvgIpc) is 3.13. The molecule has 2 aliphatic rings. The third kappa shape index (κ3) is 7.40. The van der Waals surface area contributed by atoms with Crippen LogP contribution in [0.15, 0.2) is 34.2 Å². The van der Waals surface area contributed by atoms with Crippen LogP contribution in [0.25, 0.3) is 0 Å². The maximum absolute atomic E-state index is 12.9. The Labute approximate surface area is 182 Å². The number of benzene rings is 1. The number of nitrogens with one attached hydrogen (secondary N) is 2. The third-order valence-electron chi connectivity index (χ3n) is 4.88. The zero-order chi connectivity index (χ0) is 18.2. The minimum absolute atomic E-state index is 0. The first-order chi connectivity index (χ1) is 12.7. The van der Waals surface area contributed by atoms with Gasteiger partial charge in [-0.05, 0) is 55.8 Å². The maximum atomic E-state index is 12.9. The van der Waals surface area contributed by atoms with Crippen LogP contribution >= 0.6 is 35.7 Å². The van der Waals surface area contributed by atoms with E-state index in [1.54, 1.807) is 18.8 Å². The Morgan fingerprint density at radius 2 is 2.15 bits per heavy atom. The number of ether oxygens (including phenoxy) is 1. The number of hydrogen-bond donors (Lipinski definition) is 2. The molecule has 152 valence electrons. The Hall–Kier alpha value is -0.580. The highest BCUT2D eigenvalue weighted by atomic mass is 127. The van der Waals surface area contributed by atoms with Gasteiger partial charge in [0.1, 0.15) is 5.82 Å². The monoisotopic (exact) mass is 508 g/mol. The first-order valence-electron chi connectivity index (χ1n) is 9.43.